The van der Waals surface area contributed by atoms with Crippen molar-refractivity contribution in [1.29, 1.82) is 5.26 Å². The summed E-state index contributed by atoms with van der Waals surface area (Å²) in [5.74, 6) is -0.143. The van der Waals surface area contributed by atoms with Crippen LogP contribution < -0.4 is 10.6 Å². The van der Waals surface area contributed by atoms with Crippen LogP contribution in [0.3, 0.4) is 0 Å². The molecule has 0 saturated carbocycles. The maximum Gasteiger partial charge on any atom is 0.254 e. The number of carbonyl (C=O) groups is 1. The second kappa shape index (κ2) is 6.15. The van der Waals surface area contributed by atoms with E-state index in [4.69, 9.17) is 10.00 Å². The van der Waals surface area contributed by atoms with Crippen molar-refractivity contribution < 1.29 is 9.53 Å². The molecule has 5 heteroatoms. The molecule has 2 rings (SSSR count). The summed E-state index contributed by atoms with van der Waals surface area (Å²) in [5.41, 5.74) is 1.65. The normalized spacial score (nSPS) is 18.9. The van der Waals surface area contributed by atoms with E-state index in [1.807, 2.05) is 12.1 Å². The van der Waals surface area contributed by atoms with E-state index in [9.17, 15) is 4.79 Å². The van der Waals surface area contributed by atoms with Gasteiger partial charge in [0.1, 0.15) is 6.10 Å². The first-order chi connectivity index (χ1) is 8.79. The molecule has 1 amide bonds. The Labute approximate surface area is 106 Å². The molecular formula is C13H15N3O2. The lowest BCUT2D eigenvalue weighted by Gasteiger charge is -2.22. The van der Waals surface area contributed by atoms with Crippen molar-refractivity contribution in [3.63, 3.8) is 0 Å². The maximum atomic E-state index is 11.8. The highest BCUT2D eigenvalue weighted by Crippen LogP contribution is 2.11. The third-order valence-electron chi connectivity index (χ3n) is 2.72. The van der Waals surface area contributed by atoms with Crippen LogP contribution in [0.4, 0.5) is 5.69 Å². The Morgan fingerprint density at radius 2 is 2.28 bits per heavy atom. The summed E-state index contributed by atoms with van der Waals surface area (Å²) in [6, 6.07) is 9.33. The number of anilines is 1. The molecule has 1 aliphatic rings. The minimum absolute atomic E-state index is 0.143. The molecule has 0 spiro atoms. The Morgan fingerprint density at radius 3 is 2.89 bits per heavy atom. The van der Waals surface area contributed by atoms with Crippen LogP contribution in [0.25, 0.3) is 0 Å². The summed E-state index contributed by atoms with van der Waals surface area (Å²) in [4.78, 5) is 11.8. The second-order valence-electron chi connectivity index (χ2n) is 4.08. The van der Waals surface area contributed by atoms with Gasteiger partial charge < -0.3 is 15.4 Å². The van der Waals surface area contributed by atoms with Gasteiger partial charge in [0.2, 0.25) is 0 Å². The molecule has 1 aliphatic heterocycles. The Morgan fingerprint density at radius 1 is 1.50 bits per heavy atom. The first-order valence-electron chi connectivity index (χ1n) is 5.88. The third kappa shape index (κ3) is 3.29. The topological polar surface area (TPSA) is 74.2 Å². The molecule has 1 atom stereocenters. The Kier molecular flexibility index (Phi) is 4.29. The molecular weight excluding hydrogens is 230 g/mol. The van der Waals surface area contributed by atoms with Gasteiger partial charge in [-0.1, -0.05) is 12.1 Å². The number of morpholine rings is 1. The fraction of sp³-hybridized carbons (Fsp3) is 0.385. The van der Waals surface area contributed by atoms with Gasteiger partial charge >= 0.3 is 0 Å². The van der Waals surface area contributed by atoms with Crippen LogP contribution in [-0.4, -0.2) is 31.7 Å². The van der Waals surface area contributed by atoms with E-state index in [2.05, 4.69) is 16.7 Å². The lowest BCUT2D eigenvalue weighted by molar-refractivity contribution is -0.128. The average molecular weight is 245 g/mol. The highest BCUT2D eigenvalue weighted by atomic mass is 16.5. The molecule has 5 nitrogen and oxygen atoms in total. The number of ether oxygens (including phenoxy) is 1. The number of rotatable bonds is 3. The standard InChI is InChI=1S/C13H15N3O2/c14-6-5-10-1-3-11(4-2-10)16-13(17)12-9-15-7-8-18-12/h1-4,12,15H,5,7-9H2,(H,16,17). The van der Waals surface area contributed by atoms with Crippen molar-refractivity contribution in [2.45, 2.75) is 12.5 Å². The van der Waals surface area contributed by atoms with Crippen LogP contribution in [-0.2, 0) is 16.0 Å². The number of hydrogen-bond donors (Lipinski definition) is 2. The third-order valence-corrected chi connectivity index (χ3v) is 2.72. The molecule has 1 unspecified atom stereocenters. The number of nitriles is 1. The van der Waals surface area contributed by atoms with Gasteiger partial charge in [0.25, 0.3) is 5.91 Å². The predicted molar refractivity (Wildman–Crippen MR) is 67.0 cm³/mol. The fourth-order valence-corrected chi connectivity index (χ4v) is 1.75. The number of carbonyl (C=O) groups excluding carboxylic acids is 1. The van der Waals surface area contributed by atoms with Gasteiger partial charge in [-0.3, -0.25) is 4.79 Å². The highest BCUT2D eigenvalue weighted by molar-refractivity contribution is 5.94. The van der Waals surface area contributed by atoms with Gasteiger partial charge in [-0.15, -0.1) is 0 Å². The zero-order valence-electron chi connectivity index (χ0n) is 9.98. The van der Waals surface area contributed by atoms with E-state index in [1.165, 1.54) is 0 Å². The summed E-state index contributed by atoms with van der Waals surface area (Å²) in [5, 5.41) is 14.5. The largest absolute Gasteiger partial charge is 0.366 e. The predicted octanol–water partition coefficient (Wildman–Crippen LogP) is 0.680. The Bertz CT molecular complexity index is 444. The van der Waals surface area contributed by atoms with Crippen LogP contribution in [0.1, 0.15) is 5.56 Å². The molecule has 0 aliphatic carbocycles. The molecule has 1 saturated heterocycles. The summed E-state index contributed by atoms with van der Waals surface area (Å²) in [6.45, 7) is 1.88. The molecule has 0 radical (unpaired) electrons. The number of benzene rings is 1. The van der Waals surface area contributed by atoms with Crippen LogP contribution in [0.5, 0.6) is 0 Å². The lowest BCUT2D eigenvalue weighted by atomic mass is 10.1. The number of nitrogens with zero attached hydrogens (tertiary/aromatic N) is 1. The van der Waals surface area contributed by atoms with Crippen molar-refractivity contribution >= 4 is 11.6 Å². The Hall–Kier alpha value is -1.90. The van der Waals surface area contributed by atoms with Crippen LogP contribution in [0.2, 0.25) is 0 Å². The van der Waals surface area contributed by atoms with E-state index >= 15 is 0 Å². The van der Waals surface area contributed by atoms with E-state index in [1.54, 1.807) is 12.1 Å². The van der Waals surface area contributed by atoms with E-state index in [0.29, 0.717) is 19.6 Å². The van der Waals surface area contributed by atoms with Gasteiger partial charge in [0.05, 0.1) is 19.1 Å². The quantitative estimate of drug-likeness (QED) is 0.821. The molecule has 1 fully saturated rings. The van der Waals surface area contributed by atoms with Crippen LogP contribution in [0.15, 0.2) is 24.3 Å². The van der Waals surface area contributed by atoms with Gasteiger partial charge in [-0.05, 0) is 17.7 Å². The molecule has 18 heavy (non-hydrogen) atoms. The lowest BCUT2D eigenvalue weighted by Crippen LogP contribution is -2.45. The number of hydrogen-bond acceptors (Lipinski definition) is 4. The molecule has 1 aromatic rings. The van der Waals surface area contributed by atoms with Gasteiger partial charge in [-0.25, -0.2) is 0 Å². The Balaban J connectivity index is 1.92. The molecule has 94 valence electrons. The van der Waals surface area contributed by atoms with Crippen molar-refractivity contribution in [3.8, 4) is 6.07 Å². The van der Waals surface area contributed by atoms with Gasteiger partial charge in [-0.2, -0.15) is 5.26 Å². The summed E-state index contributed by atoms with van der Waals surface area (Å²) >= 11 is 0. The smallest absolute Gasteiger partial charge is 0.254 e. The monoisotopic (exact) mass is 245 g/mol. The maximum absolute atomic E-state index is 11.8. The number of nitrogens with one attached hydrogen (secondary N) is 2. The van der Waals surface area contributed by atoms with Gasteiger partial charge in [0, 0.05) is 18.8 Å². The SMILES string of the molecule is N#CCc1ccc(NC(=O)C2CNCCO2)cc1. The minimum Gasteiger partial charge on any atom is -0.366 e. The van der Waals surface area contributed by atoms with Crippen LogP contribution >= 0.6 is 0 Å². The first-order valence-corrected chi connectivity index (χ1v) is 5.88. The van der Waals surface area contributed by atoms with Crippen molar-refractivity contribution in [1.82, 2.24) is 5.32 Å². The molecule has 2 N–H and O–H groups in total. The first kappa shape index (κ1) is 12.6. The van der Waals surface area contributed by atoms with E-state index in [-0.39, 0.29) is 5.91 Å². The van der Waals surface area contributed by atoms with Crippen molar-refractivity contribution in [2.24, 2.45) is 0 Å². The molecule has 1 aromatic carbocycles. The molecule has 0 bridgehead atoms. The zero-order chi connectivity index (χ0) is 12.8. The number of amides is 1. The van der Waals surface area contributed by atoms with Gasteiger partial charge in [0.15, 0.2) is 0 Å². The average Bonchev–Trinajstić information content (AvgIpc) is 2.42. The molecule has 0 aromatic heterocycles. The summed E-state index contributed by atoms with van der Waals surface area (Å²) < 4.78 is 5.36. The summed E-state index contributed by atoms with van der Waals surface area (Å²) in [6.07, 6.45) is -0.0540. The molecule has 1 heterocycles. The van der Waals surface area contributed by atoms with Crippen LogP contribution in [0, 0.1) is 11.3 Å². The van der Waals surface area contributed by atoms with Crippen molar-refractivity contribution in [3.05, 3.63) is 29.8 Å². The second-order valence-corrected chi connectivity index (χ2v) is 4.08. The van der Waals surface area contributed by atoms with E-state index in [0.717, 1.165) is 17.8 Å². The zero-order valence-corrected chi connectivity index (χ0v) is 9.98. The highest BCUT2D eigenvalue weighted by Gasteiger charge is 2.21. The summed E-state index contributed by atoms with van der Waals surface area (Å²) in [7, 11) is 0. The minimum atomic E-state index is -0.433. The van der Waals surface area contributed by atoms with Crippen molar-refractivity contribution in [2.75, 3.05) is 25.0 Å². The van der Waals surface area contributed by atoms with E-state index < -0.39 is 6.10 Å². The fourth-order valence-electron chi connectivity index (χ4n) is 1.75.